The second-order valence-corrected chi connectivity index (χ2v) is 5.03. The Morgan fingerprint density at radius 1 is 1.09 bits per heavy atom. The van der Waals surface area contributed by atoms with E-state index in [1.54, 1.807) is 12.0 Å². The van der Waals surface area contributed by atoms with Crippen LogP contribution in [0.5, 0.6) is 11.8 Å². The van der Waals surface area contributed by atoms with Crippen LogP contribution in [0, 0.1) is 0 Å². The highest BCUT2D eigenvalue weighted by Crippen LogP contribution is 2.15. The first-order valence-corrected chi connectivity index (χ1v) is 7.46. The molecule has 0 aliphatic rings. The summed E-state index contributed by atoms with van der Waals surface area (Å²) in [4.78, 5) is 22.4. The van der Waals surface area contributed by atoms with Gasteiger partial charge in [-0.2, -0.15) is 0 Å². The molecule has 0 aliphatic heterocycles. The molecule has 23 heavy (non-hydrogen) atoms. The van der Waals surface area contributed by atoms with Crippen molar-refractivity contribution >= 4 is 5.91 Å². The fourth-order valence-corrected chi connectivity index (χ4v) is 2.19. The smallest absolute Gasteiger partial charge is 0.316 e. The molecule has 0 aliphatic carbocycles. The lowest BCUT2D eigenvalue weighted by Gasteiger charge is -2.22. The van der Waals surface area contributed by atoms with Crippen LogP contribution in [0.2, 0.25) is 0 Å². The SMILES string of the molecule is CCCN(Cc1ccc(OC)cc1)C(=O)c1cnc(OC)nc1. The Labute approximate surface area is 136 Å². The summed E-state index contributed by atoms with van der Waals surface area (Å²) in [5.74, 6) is 0.705. The highest BCUT2D eigenvalue weighted by atomic mass is 16.5. The Morgan fingerprint density at radius 3 is 2.26 bits per heavy atom. The maximum absolute atomic E-state index is 12.6. The molecule has 0 unspecified atom stereocenters. The van der Waals surface area contributed by atoms with Gasteiger partial charge >= 0.3 is 6.01 Å². The van der Waals surface area contributed by atoms with Crippen molar-refractivity contribution in [3.8, 4) is 11.8 Å². The lowest BCUT2D eigenvalue weighted by molar-refractivity contribution is 0.0742. The van der Waals surface area contributed by atoms with Crippen LogP contribution in [0.15, 0.2) is 36.7 Å². The summed E-state index contributed by atoms with van der Waals surface area (Å²) in [5.41, 5.74) is 1.50. The molecule has 0 spiro atoms. The van der Waals surface area contributed by atoms with E-state index in [4.69, 9.17) is 9.47 Å². The molecule has 0 saturated heterocycles. The van der Waals surface area contributed by atoms with Gasteiger partial charge in [-0.3, -0.25) is 4.79 Å². The number of benzene rings is 1. The van der Waals surface area contributed by atoms with Crippen LogP contribution in [-0.2, 0) is 6.54 Å². The molecule has 1 aromatic heterocycles. The fraction of sp³-hybridized carbons (Fsp3) is 0.353. The lowest BCUT2D eigenvalue weighted by Crippen LogP contribution is -2.31. The number of amides is 1. The zero-order valence-corrected chi connectivity index (χ0v) is 13.7. The van der Waals surface area contributed by atoms with Gasteiger partial charge in [-0.25, -0.2) is 9.97 Å². The first-order chi connectivity index (χ1) is 11.2. The number of nitrogens with zero attached hydrogens (tertiary/aromatic N) is 3. The van der Waals surface area contributed by atoms with E-state index in [-0.39, 0.29) is 11.9 Å². The van der Waals surface area contributed by atoms with Crippen molar-refractivity contribution in [1.29, 1.82) is 0 Å². The summed E-state index contributed by atoms with van der Waals surface area (Å²) in [6, 6.07) is 7.94. The Kier molecular flexibility index (Phi) is 5.91. The average molecular weight is 315 g/mol. The molecular weight excluding hydrogens is 294 g/mol. The van der Waals surface area contributed by atoms with Crippen LogP contribution in [0.4, 0.5) is 0 Å². The van der Waals surface area contributed by atoms with Gasteiger partial charge in [-0.1, -0.05) is 19.1 Å². The third-order valence-corrected chi connectivity index (χ3v) is 3.37. The Morgan fingerprint density at radius 2 is 1.74 bits per heavy atom. The van der Waals surface area contributed by atoms with Crippen molar-refractivity contribution < 1.29 is 14.3 Å². The minimum atomic E-state index is -0.0923. The first kappa shape index (κ1) is 16.7. The van der Waals surface area contributed by atoms with E-state index in [0.29, 0.717) is 18.7 Å². The van der Waals surface area contributed by atoms with Crippen molar-refractivity contribution in [3.63, 3.8) is 0 Å². The number of carbonyl (C=O) groups is 1. The maximum Gasteiger partial charge on any atom is 0.316 e. The van der Waals surface area contributed by atoms with E-state index < -0.39 is 0 Å². The van der Waals surface area contributed by atoms with Gasteiger partial charge < -0.3 is 14.4 Å². The molecule has 6 heteroatoms. The number of hydrogen-bond acceptors (Lipinski definition) is 5. The number of ether oxygens (including phenoxy) is 2. The van der Waals surface area contributed by atoms with Crippen LogP contribution in [0.25, 0.3) is 0 Å². The van der Waals surface area contributed by atoms with Crippen LogP contribution >= 0.6 is 0 Å². The van der Waals surface area contributed by atoms with E-state index in [1.165, 1.54) is 19.5 Å². The summed E-state index contributed by atoms with van der Waals surface area (Å²) in [7, 11) is 3.12. The van der Waals surface area contributed by atoms with Gasteiger partial charge in [0.05, 0.1) is 19.8 Å². The second-order valence-electron chi connectivity index (χ2n) is 5.03. The largest absolute Gasteiger partial charge is 0.497 e. The van der Waals surface area contributed by atoms with E-state index in [2.05, 4.69) is 9.97 Å². The van der Waals surface area contributed by atoms with Crippen LogP contribution in [-0.4, -0.2) is 41.5 Å². The predicted octanol–water partition coefficient (Wildman–Crippen LogP) is 2.55. The second kappa shape index (κ2) is 8.12. The molecule has 0 saturated carbocycles. The van der Waals surface area contributed by atoms with E-state index in [0.717, 1.165) is 17.7 Å². The predicted molar refractivity (Wildman–Crippen MR) is 86.6 cm³/mol. The highest BCUT2D eigenvalue weighted by molar-refractivity contribution is 5.93. The van der Waals surface area contributed by atoms with Gasteiger partial charge in [0.2, 0.25) is 0 Å². The Bertz CT molecular complexity index is 627. The molecule has 0 N–H and O–H groups in total. The maximum atomic E-state index is 12.6. The minimum absolute atomic E-state index is 0.0923. The number of aromatic nitrogens is 2. The molecule has 6 nitrogen and oxygen atoms in total. The van der Waals surface area contributed by atoms with Crippen molar-refractivity contribution in [3.05, 3.63) is 47.8 Å². The quantitative estimate of drug-likeness (QED) is 0.785. The summed E-state index contributed by atoms with van der Waals surface area (Å²) in [6.07, 6.45) is 3.86. The monoisotopic (exact) mass is 315 g/mol. The zero-order chi connectivity index (χ0) is 16.7. The van der Waals surface area contributed by atoms with Crippen LogP contribution in [0.3, 0.4) is 0 Å². The highest BCUT2D eigenvalue weighted by Gasteiger charge is 2.16. The minimum Gasteiger partial charge on any atom is -0.497 e. The third kappa shape index (κ3) is 4.42. The fourth-order valence-electron chi connectivity index (χ4n) is 2.19. The molecule has 1 amide bonds. The van der Waals surface area contributed by atoms with Crippen molar-refractivity contribution in [2.24, 2.45) is 0 Å². The average Bonchev–Trinajstić information content (AvgIpc) is 2.61. The number of methoxy groups -OCH3 is 2. The number of rotatable bonds is 7. The summed E-state index contributed by atoms with van der Waals surface area (Å²) >= 11 is 0. The molecule has 2 rings (SSSR count). The normalized spacial score (nSPS) is 10.2. The molecule has 0 bridgehead atoms. The first-order valence-electron chi connectivity index (χ1n) is 7.46. The molecule has 0 fully saturated rings. The number of hydrogen-bond donors (Lipinski definition) is 0. The molecule has 0 atom stereocenters. The van der Waals surface area contributed by atoms with Gasteiger partial charge in [0.15, 0.2) is 0 Å². The molecule has 1 heterocycles. The Balaban J connectivity index is 2.13. The zero-order valence-electron chi connectivity index (χ0n) is 13.7. The number of carbonyl (C=O) groups excluding carboxylic acids is 1. The topological polar surface area (TPSA) is 64.5 Å². The van der Waals surface area contributed by atoms with Crippen molar-refractivity contribution in [1.82, 2.24) is 14.9 Å². The third-order valence-electron chi connectivity index (χ3n) is 3.37. The van der Waals surface area contributed by atoms with Gasteiger partial charge in [0.25, 0.3) is 5.91 Å². The van der Waals surface area contributed by atoms with Gasteiger partial charge in [0, 0.05) is 25.5 Å². The standard InChI is InChI=1S/C17H21N3O3/c1-4-9-20(12-13-5-7-15(22-2)8-6-13)16(21)14-10-18-17(23-3)19-11-14/h5-8,10-11H,4,9,12H2,1-3H3. The van der Waals surface area contributed by atoms with Crippen LogP contribution in [0.1, 0.15) is 29.3 Å². The van der Waals surface area contributed by atoms with E-state index >= 15 is 0 Å². The molecule has 1 aromatic carbocycles. The summed E-state index contributed by atoms with van der Waals surface area (Å²) in [5, 5.41) is 0. The van der Waals surface area contributed by atoms with Gasteiger partial charge in [-0.05, 0) is 24.1 Å². The van der Waals surface area contributed by atoms with E-state index in [1.807, 2.05) is 31.2 Å². The lowest BCUT2D eigenvalue weighted by atomic mass is 10.2. The van der Waals surface area contributed by atoms with Crippen molar-refractivity contribution in [2.75, 3.05) is 20.8 Å². The molecule has 122 valence electrons. The summed E-state index contributed by atoms with van der Waals surface area (Å²) in [6.45, 7) is 3.23. The van der Waals surface area contributed by atoms with Gasteiger partial charge in [0.1, 0.15) is 5.75 Å². The molecular formula is C17H21N3O3. The van der Waals surface area contributed by atoms with Crippen molar-refractivity contribution in [2.45, 2.75) is 19.9 Å². The van der Waals surface area contributed by atoms with Crippen LogP contribution < -0.4 is 9.47 Å². The van der Waals surface area contributed by atoms with E-state index in [9.17, 15) is 4.79 Å². The summed E-state index contributed by atoms with van der Waals surface area (Å²) < 4.78 is 10.1. The van der Waals surface area contributed by atoms with Gasteiger partial charge in [-0.15, -0.1) is 0 Å². The molecule has 0 radical (unpaired) electrons. The Hall–Kier alpha value is -2.63. The molecule has 2 aromatic rings.